The molecular weight excluding hydrogens is 619 g/mol. The molecule has 0 aliphatic heterocycles. The van der Waals surface area contributed by atoms with Gasteiger partial charge in [0.1, 0.15) is 28.6 Å². The molecule has 0 saturated heterocycles. The van der Waals surface area contributed by atoms with Gasteiger partial charge in [-0.1, -0.05) is 6.07 Å². The highest BCUT2D eigenvalue weighted by Crippen LogP contribution is 2.55. The van der Waals surface area contributed by atoms with Gasteiger partial charge in [0.05, 0.1) is 24.4 Å². The van der Waals surface area contributed by atoms with Crippen LogP contribution in [0.4, 0.5) is 18.9 Å². The number of Topliss-reactive ketones (excluding diaryl/α,β-unsaturated/α-hetero) is 2. The number of carbonyl (C=O) groups is 4. The summed E-state index contributed by atoms with van der Waals surface area (Å²) in [6.07, 6.45) is -6.10. The van der Waals surface area contributed by atoms with E-state index in [-0.39, 0.29) is 23.3 Å². The number of methoxy groups -OCH3 is 1. The molecule has 4 atom stereocenters. The number of halogens is 3. The van der Waals surface area contributed by atoms with Crippen molar-refractivity contribution >= 4 is 34.8 Å². The lowest BCUT2D eigenvalue weighted by molar-refractivity contribution is -0.275. The number of nitrogens with two attached hydrogens (primary N) is 1. The molecule has 13 nitrogen and oxygen atoms in total. The number of nitrogens with one attached hydrogen (secondary N) is 1. The Balaban J connectivity index is 1.69. The van der Waals surface area contributed by atoms with Crippen molar-refractivity contribution in [2.45, 2.75) is 30.8 Å². The molecule has 3 aliphatic rings. The van der Waals surface area contributed by atoms with Crippen molar-refractivity contribution in [2.24, 2.45) is 17.6 Å². The van der Waals surface area contributed by atoms with Crippen molar-refractivity contribution in [1.82, 2.24) is 4.90 Å². The van der Waals surface area contributed by atoms with E-state index in [1.54, 1.807) is 0 Å². The van der Waals surface area contributed by atoms with E-state index in [9.17, 15) is 52.8 Å². The fourth-order valence-corrected chi connectivity index (χ4v) is 6.55. The molecule has 5 rings (SSSR count). The summed E-state index contributed by atoms with van der Waals surface area (Å²) in [6.45, 7) is 0. The number of hydrogen-bond donors (Lipinski definition) is 6. The molecule has 0 spiro atoms. The Morgan fingerprint density at radius 3 is 2.39 bits per heavy atom. The number of rotatable bonds is 6. The summed E-state index contributed by atoms with van der Waals surface area (Å²) in [7, 11) is 4.15. The summed E-state index contributed by atoms with van der Waals surface area (Å²) >= 11 is 0. The van der Waals surface area contributed by atoms with Gasteiger partial charge < -0.3 is 41.0 Å². The smallest absolute Gasteiger partial charge is 0.508 e. The Hall–Kier alpha value is -5.09. The Labute approximate surface area is 258 Å². The van der Waals surface area contributed by atoms with Gasteiger partial charge in [-0.2, -0.15) is 0 Å². The van der Waals surface area contributed by atoms with Crippen LogP contribution >= 0.6 is 0 Å². The first-order chi connectivity index (χ1) is 21.4. The number of benzene rings is 2. The van der Waals surface area contributed by atoms with Crippen molar-refractivity contribution in [3.8, 4) is 17.2 Å². The molecule has 0 radical (unpaired) electrons. The number of aromatic hydroxyl groups is 1. The summed E-state index contributed by atoms with van der Waals surface area (Å²) in [5.41, 5.74) is -1.02. The van der Waals surface area contributed by atoms with Crippen LogP contribution in [0.3, 0.4) is 0 Å². The van der Waals surface area contributed by atoms with Gasteiger partial charge in [-0.15, -0.1) is 13.2 Å². The minimum Gasteiger partial charge on any atom is -0.508 e. The second-order valence-electron chi connectivity index (χ2n) is 11.3. The Morgan fingerprint density at radius 2 is 1.80 bits per heavy atom. The molecule has 244 valence electrons. The highest BCUT2D eigenvalue weighted by atomic mass is 19.4. The molecule has 3 aliphatic carbocycles. The quantitative estimate of drug-likeness (QED) is 0.198. The van der Waals surface area contributed by atoms with E-state index < -0.39 is 105 Å². The van der Waals surface area contributed by atoms with Crippen molar-refractivity contribution in [2.75, 3.05) is 26.5 Å². The zero-order valence-electron chi connectivity index (χ0n) is 24.4. The second kappa shape index (κ2) is 11.1. The number of likely N-dealkylation sites (N-methyl/N-ethyl adjacent to an activating group) is 1. The summed E-state index contributed by atoms with van der Waals surface area (Å²) < 4.78 is 50.0. The van der Waals surface area contributed by atoms with Crippen LogP contribution in [0.25, 0.3) is 5.76 Å². The fourth-order valence-electron chi connectivity index (χ4n) is 6.55. The van der Waals surface area contributed by atoms with Crippen LogP contribution in [0, 0.1) is 11.8 Å². The highest BCUT2D eigenvalue weighted by Gasteiger charge is 2.64. The topological polar surface area (TPSA) is 209 Å². The van der Waals surface area contributed by atoms with Crippen molar-refractivity contribution in [3.63, 3.8) is 0 Å². The number of ketones is 2. The SMILES string of the molecule is COc1cccc(C(=O)Nc2cc(OC(F)(F)F)c3c(c2O)C(O)=C2C(=O)[C@]4(O)C(O)=C(C(N)=O)C(=O)[C@@H](N(C)C)[C@@H]4C[C@@H]2C3)c1. The maximum absolute atomic E-state index is 14.0. The molecule has 0 bridgehead atoms. The molecule has 2 amide bonds. The van der Waals surface area contributed by atoms with Gasteiger partial charge in [0, 0.05) is 28.7 Å². The minimum absolute atomic E-state index is 0.0112. The monoisotopic (exact) mass is 647 g/mol. The van der Waals surface area contributed by atoms with Gasteiger partial charge in [-0.05, 0) is 51.1 Å². The van der Waals surface area contributed by atoms with E-state index in [0.717, 1.165) is 0 Å². The number of ether oxygens (including phenoxy) is 2. The predicted octanol–water partition coefficient (Wildman–Crippen LogP) is 2.12. The lowest BCUT2D eigenvalue weighted by Gasteiger charge is -2.50. The highest BCUT2D eigenvalue weighted by molar-refractivity contribution is 6.24. The van der Waals surface area contributed by atoms with Crippen molar-refractivity contribution in [3.05, 3.63) is 63.9 Å². The molecule has 7 N–H and O–H groups in total. The van der Waals surface area contributed by atoms with Gasteiger partial charge in [0.25, 0.3) is 11.8 Å². The van der Waals surface area contributed by atoms with Gasteiger partial charge in [0.15, 0.2) is 17.1 Å². The van der Waals surface area contributed by atoms with Gasteiger partial charge in [0.2, 0.25) is 5.78 Å². The van der Waals surface area contributed by atoms with E-state index in [2.05, 4.69) is 10.1 Å². The molecule has 16 heteroatoms. The van der Waals surface area contributed by atoms with Gasteiger partial charge >= 0.3 is 6.36 Å². The standard InChI is InChI=1S/C30H28F3N3O10/c1-36(2)21-15-9-12-8-14-17(46-30(31,32)33)10-16(35-28(43)11-5-4-6-13(7-11)45-3)22(37)19(14)23(38)18(12)25(40)29(15,44)26(41)20(24(21)39)27(34)42/h4-7,10,12,15,21,37-38,41,44H,8-9H2,1-3H3,(H2,34,42)(H,35,43)/t12-,15-,21-,29-/m0/s1. The van der Waals surface area contributed by atoms with Gasteiger partial charge in [-0.3, -0.25) is 24.1 Å². The predicted molar refractivity (Wildman–Crippen MR) is 152 cm³/mol. The molecule has 0 heterocycles. The van der Waals surface area contributed by atoms with Crippen molar-refractivity contribution in [1.29, 1.82) is 0 Å². The molecule has 0 unspecified atom stereocenters. The van der Waals surface area contributed by atoms with Crippen LogP contribution in [0.15, 0.2) is 47.2 Å². The lowest BCUT2D eigenvalue weighted by Crippen LogP contribution is -2.65. The lowest BCUT2D eigenvalue weighted by atomic mass is 9.57. The van der Waals surface area contributed by atoms with E-state index in [1.165, 1.54) is 50.4 Å². The van der Waals surface area contributed by atoms with E-state index >= 15 is 0 Å². The number of aliphatic hydroxyl groups is 3. The third kappa shape index (κ3) is 4.99. The molecule has 2 aromatic carbocycles. The summed E-state index contributed by atoms with van der Waals surface area (Å²) in [6, 6.07) is 5.00. The fraction of sp³-hybridized carbons (Fsp3) is 0.333. The second-order valence-corrected chi connectivity index (χ2v) is 11.3. The maximum Gasteiger partial charge on any atom is 0.573 e. The van der Waals surface area contributed by atoms with Crippen LogP contribution in [0.1, 0.15) is 27.9 Å². The Bertz CT molecular complexity index is 1770. The van der Waals surface area contributed by atoms with Crippen LogP contribution in [-0.2, 0) is 20.8 Å². The van der Waals surface area contributed by atoms with E-state index in [1.807, 2.05) is 0 Å². The van der Waals surface area contributed by atoms with E-state index in [4.69, 9.17) is 10.5 Å². The first-order valence-electron chi connectivity index (χ1n) is 13.7. The number of hydrogen-bond acceptors (Lipinski definition) is 11. The maximum atomic E-state index is 14.0. The Morgan fingerprint density at radius 1 is 1.13 bits per heavy atom. The average molecular weight is 648 g/mol. The molecular formula is C30H28F3N3O10. The average Bonchev–Trinajstić information content (AvgIpc) is 2.96. The summed E-state index contributed by atoms with van der Waals surface area (Å²) in [5, 5.41) is 47.5. The molecule has 46 heavy (non-hydrogen) atoms. The number of nitrogens with zero attached hydrogens (tertiary/aromatic N) is 1. The Kier molecular flexibility index (Phi) is 7.77. The first-order valence-corrected chi connectivity index (χ1v) is 13.7. The number of primary amides is 1. The molecule has 0 aromatic heterocycles. The summed E-state index contributed by atoms with van der Waals surface area (Å²) in [4.78, 5) is 53.6. The number of phenolic OH excluding ortho intramolecular Hbond substituents is 1. The molecule has 1 fully saturated rings. The summed E-state index contributed by atoms with van der Waals surface area (Å²) in [5.74, 6) is -11.2. The third-order valence-corrected chi connectivity index (χ3v) is 8.49. The van der Waals surface area contributed by atoms with Crippen LogP contribution < -0.4 is 20.5 Å². The zero-order chi connectivity index (χ0) is 34.0. The molecule has 1 saturated carbocycles. The number of anilines is 1. The molecule has 2 aromatic rings. The van der Waals surface area contributed by atoms with Crippen LogP contribution in [-0.4, -0.2) is 87.9 Å². The number of amides is 2. The normalized spacial score (nSPS) is 24.3. The zero-order valence-corrected chi connectivity index (χ0v) is 24.4. The van der Waals surface area contributed by atoms with Crippen LogP contribution in [0.5, 0.6) is 17.2 Å². The largest absolute Gasteiger partial charge is 0.573 e. The number of fused-ring (bicyclic) bond motifs is 3. The number of phenols is 1. The van der Waals surface area contributed by atoms with Crippen molar-refractivity contribution < 1.29 is 62.2 Å². The van der Waals surface area contributed by atoms with Gasteiger partial charge in [-0.25, -0.2) is 0 Å². The number of alkyl halides is 3. The number of aliphatic hydroxyl groups excluding tert-OH is 2. The van der Waals surface area contributed by atoms with E-state index in [0.29, 0.717) is 6.07 Å². The minimum atomic E-state index is -5.27. The van der Waals surface area contributed by atoms with Crippen LogP contribution in [0.2, 0.25) is 0 Å². The third-order valence-electron chi connectivity index (χ3n) is 8.49. The number of carbonyl (C=O) groups excluding carboxylic acids is 4. The first kappa shape index (κ1) is 32.3.